The Bertz CT molecular complexity index is 413. The number of aryl methyl sites for hydroxylation is 1. The minimum absolute atomic E-state index is 0.133. The summed E-state index contributed by atoms with van der Waals surface area (Å²) in [5.41, 5.74) is 1.16. The lowest BCUT2D eigenvalue weighted by molar-refractivity contribution is 0.0412. The van der Waals surface area contributed by atoms with Crippen molar-refractivity contribution >= 4 is 0 Å². The first-order valence-electron chi connectivity index (χ1n) is 7.87. The third-order valence-corrected chi connectivity index (χ3v) is 4.56. The predicted molar refractivity (Wildman–Crippen MR) is 85.9 cm³/mol. The van der Waals surface area contributed by atoms with Gasteiger partial charge in [0.15, 0.2) is 0 Å². The van der Waals surface area contributed by atoms with Crippen LogP contribution in [0.5, 0.6) is 5.75 Å². The van der Waals surface area contributed by atoms with E-state index in [1.807, 2.05) is 12.1 Å². The molecule has 1 saturated heterocycles. The molecule has 118 valence electrons. The van der Waals surface area contributed by atoms with Crippen molar-refractivity contribution in [1.29, 1.82) is 0 Å². The van der Waals surface area contributed by atoms with Crippen molar-refractivity contribution in [3.63, 3.8) is 0 Å². The molecule has 1 atom stereocenters. The Labute approximate surface area is 128 Å². The van der Waals surface area contributed by atoms with Gasteiger partial charge in [-0.2, -0.15) is 0 Å². The van der Waals surface area contributed by atoms with Crippen molar-refractivity contribution in [2.45, 2.75) is 31.7 Å². The number of ether oxygens (including phenoxy) is 1. The minimum Gasteiger partial charge on any atom is -0.497 e. The average molecular weight is 292 g/mol. The van der Waals surface area contributed by atoms with E-state index >= 15 is 0 Å². The highest BCUT2D eigenvalue weighted by molar-refractivity contribution is 5.27. The number of nitrogens with zero attached hydrogens (tertiary/aromatic N) is 1. The Kier molecular flexibility index (Phi) is 6.03. The quantitative estimate of drug-likeness (QED) is 0.837. The molecule has 0 aromatic heterocycles. The molecule has 0 bridgehead atoms. The van der Waals surface area contributed by atoms with Crippen LogP contribution in [-0.4, -0.2) is 55.4 Å². The van der Waals surface area contributed by atoms with Crippen LogP contribution in [0.15, 0.2) is 24.3 Å². The van der Waals surface area contributed by atoms with Crippen LogP contribution < -0.4 is 10.1 Å². The highest BCUT2D eigenvalue weighted by Crippen LogP contribution is 2.23. The second-order valence-corrected chi connectivity index (χ2v) is 6.09. The molecule has 1 aromatic rings. The molecular formula is C17H28N2O2. The number of hydrogen-bond acceptors (Lipinski definition) is 4. The molecule has 0 saturated carbocycles. The molecule has 2 N–H and O–H groups in total. The van der Waals surface area contributed by atoms with Crippen molar-refractivity contribution in [3.05, 3.63) is 29.8 Å². The maximum Gasteiger partial charge on any atom is 0.118 e. The number of aliphatic hydroxyl groups is 1. The van der Waals surface area contributed by atoms with Gasteiger partial charge in [-0.15, -0.1) is 0 Å². The number of benzene rings is 1. The summed E-state index contributed by atoms with van der Waals surface area (Å²) in [7, 11) is 1.69. The van der Waals surface area contributed by atoms with E-state index < -0.39 is 0 Å². The Morgan fingerprint density at radius 3 is 2.67 bits per heavy atom. The van der Waals surface area contributed by atoms with Crippen LogP contribution in [0.3, 0.4) is 0 Å². The summed E-state index contributed by atoms with van der Waals surface area (Å²) in [6, 6.07) is 8.23. The van der Waals surface area contributed by atoms with Gasteiger partial charge in [0.1, 0.15) is 5.75 Å². The molecule has 0 aliphatic carbocycles. The number of aliphatic hydroxyl groups excluding tert-OH is 1. The van der Waals surface area contributed by atoms with Crippen molar-refractivity contribution in [2.24, 2.45) is 0 Å². The van der Waals surface area contributed by atoms with E-state index in [1.165, 1.54) is 5.56 Å². The molecule has 0 radical (unpaired) electrons. The first-order valence-corrected chi connectivity index (χ1v) is 7.87. The molecule has 1 aliphatic heterocycles. The fourth-order valence-corrected chi connectivity index (χ4v) is 2.93. The van der Waals surface area contributed by atoms with Gasteiger partial charge in [0, 0.05) is 25.2 Å². The zero-order valence-electron chi connectivity index (χ0n) is 13.3. The second-order valence-electron chi connectivity index (χ2n) is 6.09. The molecule has 2 rings (SSSR count). The lowest BCUT2D eigenvalue weighted by atomic mass is 9.91. The smallest absolute Gasteiger partial charge is 0.118 e. The zero-order valence-corrected chi connectivity index (χ0v) is 13.3. The number of nitrogens with one attached hydrogen (secondary N) is 1. The molecule has 0 spiro atoms. The first kappa shape index (κ1) is 16.3. The fourth-order valence-electron chi connectivity index (χ4n) is 2.93. The standard InChI is InChI=1S/C17H28N2O2/c1-17(14-20,19-12-3-10-18-11-13-19)9-8-15-4-6-16(21-2)7-5-15/h4-7,18,20H,3,8-14H2,1-2H3. The molecule has 4 heteroatoms. The monoisotopic (exact) mass is 292 g/mol. The van der Waals surface area contributed by atoms with Gasteiger partial charge < -0.3 is 15.2 Å². The van der Waals surface area contributed by atoms with E-state index in [-0.39, 0.29) is 12.1 Å². The Hall–Kier alpha value is -1.10. The average Bonchev–Trinajstić information content (AvgIpc) is 2.83. The third kappa shape index (κ3) is 4.43. The third-order valence-electron chi connectivity index (χ3n) is 4.56. The molecule has 21 heavy (non-hydrogen) atoms. The summed E-state index contributed by atoms with van der Waals surface area (Å²) in [6.07, 6.45) is 3.10. The van der Waals surface area contributed by atoms with Gasteiger partial charge >= 0.3 is 0 Å². The lowest BCUT2D eigenvalue weighted by Crippen LogP contribution is -2.50. The number of methoxy groups -OCH3 is 1. The van der Waals surface area contributed by atoms with Gasteiger partial charge in [0.25, 0.3) is 0 Å². The summed E-state index contributed by atoms with van der Waals surface area (Å²) in [5, 5.41) is 13.3. The highest BCUT2D eigenvalue weighted by atomic mass is 16.5. The summed E-state index contributed by atoms with van der Waals surface area (Å²) < 4.78 is 5.19. The lowest BCUT2D eigenvalue weighted by Gasteiger charge is -2.39. The maximum absolute atomic E-state index is 9.91. The normalized spacial score (nSPS) is 19.8. The summed E-state index contributed by atoms with van der Waals surface area (Å²) in [4.78, 5) is 2.44. The Morgan fingerprint density at radius 2 is 2.00 bits per heavy atom. The molecule has 4 nitrogen and oxygen atoms in total. The summed E-state index contributed by atoms with van der Waals surface area (Å²) >= 11 is 0. The van der Waals surface area contributed by atoms with E-state index in [2.05, 4.69) is 29.3 Å². The molecule has 1 heterocycles. The molecular weight excluding hydrogens is 264 g/mol. The van der Waals surface area contributed by atoms with Crippen LogP contribution in [0.4, 0.5) is 0 Å². The van der Waals surface area contributed by atoms with Gasteiger partial charge in [-0.1, -0.05) is 12.1 Å². The van der Waals surface area contributed by atoms with Crippen LogP contribution in [-0.2, 0) is 6.42 Å². The molecule has 1 unspecified atom stereocenters. The van der Waals surface area contributed by atoms with Crippen LogP contribution in [0.25, 0.3) is 0 Å². The van der Waals surface area contributed by atoms with Crippen molar-refractivity contribution in [2.75, 3.05) is 39.9 Å². The van der Waals surface area contributed by atoms with Gasteiger partial charge in [-0.3, -0.25) is 4.90 Å². The van der Waals surface area contributed by atoms with E-state index in [1.54, 1.807) is 7.11 Å². The van der Waals surface area contributed by atoms with Crippen molar-refractivity contribution in [3.8, 4) is 5.75 Å². The van der Waals surface area contributed by atoms with Crippen LogP contribution in [0.1, 0.15) is 25.3 Å². The second kappa shape index (κ2) is 7.78. The Morgan fingerprint density at radius 1 is 1.24 bits per heavy atom. The minimum atomic E-state index is -0.133. The van der Waals surface area contributed by atoms with Gasteiger partial charge in [0.05, 0.1) is 13.7 Å². The van der Waals surface area contributed by atoms with Crippen LogP contribution in [0, 0.1) is 0 Å². The van der Waals surface area contributed by atoms with Gasteiger partial charge in [-0.05, 0) is 50.4 Å². The van der Waals surface area contributed by atoms with E-state index in [0.717, 1.165) is 51.2 Å². The molecule has 1 aliphatic rings. The zero-order chi connectivity index (χ0) is 15.1. The molecule has 0 amide bonds. The number of hydrogen-bond donors (Lipinski definition) is 2. The predicted octanol–water partition coefficient (Wildman–Crippen LogP) is 1.67. The summed E-state index contributed by atoms with van der Waals surface area (Å²) in [5.74, 6) is 0.891. The SMILES string of the molecule is COc1ccc(CCC(C)(CO)N2CCCNCC2)cc1. The van der Waals surface area contributed by atoms with Gasteiger partial charge in [0.2, 0.25) is 0 Å². The first-order chi connectivity index (χ1) is 10.2. The Balaban J connectivity index is 1.96. The molecule has 1 fully saturated rings. The topological polar surface area (TPSA) is 44.7 Å². The highest BCUT2D eigenvalue weighted by Gasteiger charge is 2.31. The largest absolute Gasteiger partial charge is 0.497 e. The number of rotatable bonds is 6. The maximum atomic E-state index is 9.91. The molecule has 1 aromatic carbocycles. The van der Waals surface area contributed by atoms with Crippen LogP contribution >= 0.6 is 0 Å². The van der Waals surface area contributed by atoms with E-state index in [0.29, 0.717) is 0 Å². The van der Waals surface area contributed by atoms with E-state index in [4.69, 9.17) is 4.74 Å². The fraction of sp³-hybridized carbons (Fsp3) is 0.647. The summed E-state index contributed by atoms with van der Waals surface area (Å²) in [6.45, 7) is 6.56. The van der Waals surface area contributed by atoms with Crippen LogP contribution in [0.2, 0.25) is 0 Å². The van der Waals surface area contributed by atoms with Crippen molar-refractivity contribution in [1.82, 2.24) is 10.2 Å². The van der Waals surface area contributed by atoms with Crippen molar-refractivity contribution < 1.29 is 9.84 Å². The van der Waals surface area contributed by atoms with Gasteiger partial charge in [-0.25, -0.2) is 0 Å². The van der Waals surface area contributed by atoms with E-state index in [9.17, 15) is 5.11 Å².